The lowest BCUT2D eigenvalue weighted by molar-refractivity contribution is 0.416. The Balaban J connectivity index is 2.00. The number of hydrogen-bond acceptors (Lipinski definition) is 3. The molecule has 0 bridgehead atoms. The smallest absolute Gasteiger partial charge is 0.198 e. The molecule has 96 valence electrons. The third-order valence-corrected chi connectivity index (χ3v) is 2.90. The molecule has 19 heavy (non-hydrogen) atoms. The molecule has 0 amide bonds. The molecule has 0 saturated carbocycles. The molecule has 0 atom stereocenters. The van der Waals surface area contributed by atoms with Gasteiger partial charge >= 0.3 is 0 Å². The number of halogens is 1. The van der Waals surface area contributed by atoms with Crippen molar-refractivity contribution in [2.75, 3.05) is 7.11 Å². The average Bonchev–Trinajstić information content (AvgIpc) is 2.83. The van der Waals surface area contributed by atoms with Crippen LogP contribution in [-0.4, -0.2) is 21.7 Å². The summed E-state index contributed by atoms with van der Waals surface area (Å²) in [5.74, 6) is 0.970. The van der Waals surface area contributed by atoms with Crippen molar-refractivity contribution in [2.24, 2.45) is 0 Å². The van der Waals surface area contributed by atoms with E-state index in [2.05, 4.69) is 10.1 Å². The highest BCUT2D eigenvalue weighted by Crippen LogP contribution is 2.18. The minimum Gasteiger partial charge on any atom is -0.493 e. The van der Waals surface area contributed by atoms with Crippen LogP contribution >= 0.6 is 0 Å². The van der Waals surface area contributed by atoms with Gasteiger partial charge in [-0.3, -0.25) is 0 Å². The molecule has 0 aliphatic heterocycles. The highest BCUT2D eigenvalue weighted by molar-refractivity contribution is 5.52. The van der Waals surface area contributed by atoms with Crippen molar-refractivity contribution >= 4 is 5.65 Å². The van der Waals surface area contributed by atoms with Crippen LogP contribution in [0.3, 0.4) is 0 Å². The lowest BCUT2D eigenvalue weighted by atomic mass is 10.1. The Kier molecular flexibility index (Phi) is 2.87. The van der Waals surface area contributed by atoms with Gasteiger partial charge in [-0.15, -0.1) is 0 Å². The van der Waals surface area contributed by atoms with Crippen LogP contribution in [0, 0.1) is 5.82 Å². The van der Waals surface area contributed by atoms with E-state index in [1.54, 1.807) is 36.0 Å². The van der Waals surface area contributed by atoms with E-state index < -0.39 is 0 Å². The average molecular weight is 257 g/mol. The van der Waals surface area contributed by atoms with E-state index in [0.29, 0.717) is 29.2 Å². The maximum Gasteiger partial charge on any atom is 0.198 e. The lowest BCUT2D eigenvalue weighted by Gasteiger charge is -1.98. The van der Waals surface area contributed by atoms with E-state index in [-0.39, 0.29) is 5.82 Å². The SMILES string of the molecule is COc1cccn2nc(Cc3ccccc3F)nc12. The van der Waals surface area contributed by atoms with E-state index in [1.807, 2.05) is 12.1 Å². The summed E-state index contributed by atoms with van der Waals surface area (Å²) in [5, 5.41) is 4.32. The number of methoxy groups -OCH3 is 1. The Bertz CT molecular complexity index is 724. The molecule has 0 aliphatic carbocycles. The number of rotatable bonds is 3. The van der Waals surface area contributed by atoms with Crippen LogP contribution in [0.15, 0.2) is 42.6 Å². The molecule has 4 nitrogen and oxygen atoms in total. The van der Waals surface area contributed by atoms with Crippen LogP contribution in [0.4, 0.5) is 4.39 Å². The van der Waals surface area contributed by atoms with Gasteiger partial charge < -0.3 is 4.74 Å². The van der Waals surface area contributed by atoms with E-state index in [1.165, 1.54) is 6.07 Å². The Morgan fingerprint density at radius 1 is 1.21 bits per heavy atom. The summed E-state index contributed by atoms with van der Waals surface area (Å²) in [5.41, 5.74) is 1.22. The summed E-state index contributed by atoms with van der Waals surface area (Å²) in [6.45, 7) is 0. The number of nitrogens with zero attached hydrogens (tertiary/aromatic N) is 3. The Morgan fingerprint density at radius 2 is 2.05 bits per heavy atom. The van der Waals surface area contributed by atoms with Gasteiger partial charge in [0.1, 0.15) is 5.82 Å². The van der Waals surface area contributed by atoms with Gasteiger partial charge in [0.25, 0.3) is 0 Å². The van der Waals surface area contributed by atoms with Crippen LogP contribution in [0.5, 0.6) is 5.75 Å². The van der Waals surface area contributed by atoms with Crippen molar-refractivity contribution in [3.05, 3.63) is 59.8 Å². The number of pyridine rings is 1. The summed E-state index contributed by atoms with van der Waals surface area (Å²) in [6, 6.07) is 10.3. The van der Waals surface area contributed by atoms with Crippen molar-refractivity contribution in [3.8, 4) is 5.75 Å². The molecule has 0 aliphatic rings. The molecule has 0 fully saturated rings. The highest BCUT2D eigenvalue weighted by atomic mass is 19.1. The maximum absolute atomic E-state index is 13.6. The maximum atomic E-state index is 13.6. The van der Waals surface area contributed by atoms with Crippen molar-refractivity contribution in [2.45, 2.75) is 6.42 Å². The molecule has 0 radical (unpaired) electrons. The molecule has 2 heterocycles. The first-order chi connectivity index (χ1) is 9.28. The summed E-state index contributed by atoms with van der Waals surface area (Å²) in [7, 11) is 1.58. The molecule has 3 aromatic rings. The molecule has 0 N–H and O–H groups in total. The number of ether oxygens (including phenoxy) is 1. The highest BCUT2D eigenvalue weighted by Gasteiger charge is 2.10. The zero-order valence-electron chi connectivity index (χ0n) is 10.4. The fourth-order valence-corrected chi connectivity index (χ4v) is 1.97. The van der Waals surface area contributed by atoms with Crippen LogP contribution < -0.4 is 4.74 Å². The number of aromatic nitrogens is 3. The topological polar surface area (TPSA) is 39.4 Å². The first kappa shape index (κ1) is 11.6. The summed E-state index contributed by atoms with van der Waals surface area (Å²) < 4.78 is 20.4. The van der Waals surface area contributed by atoms with Gasteiger partial charge in [-0.1, -0.05) is 18.2 Å². The van der Waals surface area contributed by atoms with E-state index in [0.717, 1.165) is 0 Å². The first-order valence-corrected chi connectivity index (χ1v) is 5.89. The molecule has 0 unspecified atom stereocenters. The number of fused-ring (bicyclic) bond motifs is 1. The predicted molar refractivity (Wildman–Crippen MR) is 68.7 cm³/mol. The Morgan fingerprint density at radius 3 is 2.84 bits per heavy atom. The van der Waals surface area contributed by atoms with Gasteiger partial charge in [0, 0.05) is 12.6 Å². The molecule has 5 heteroatoms. The number of hydrogen-bond donors (Lipinski definition) is 0. The van der Waals surface area contributed by atoms with E-state index in [4.69, 9.17) is 4.74 Å². The van der Waals surface area contributed by atoms with E-state index >= 15 is 0 Å². The third kappa shape index (κ3) is 2.14. The quantitative estimate of drug-likeness (QED) is 0.723. The zero-order valence-corrected chi connectivity index (χ0v) is 10.4. The van der Waals surface area contributed by atoms with Crippen LogP contribution in [0.2, 0.25) is 0 Å². The van der Waals surface area contributed by atoms with E-state index in [9.17, 15) is 4.39 Å². The molecule has 2 aromatic heterocycles. The van der Waals surface area contributed by atoms with Gasteiger partial charge in [-0.05, 0) is 23.8 Å². The summed E-state index contributed by atoms with van der Waals surface area (Å²) in [4.78, 5) is 4.38. The first-order valence-electron chi connectivity index (χ1n) is 5.89. The van der Waals surface area contributed by atoms with Gasteiger partial charge in [-0.25, -0.2) is 13.9 Å². The second-order valence-electron chi connectivity index (χ2n) is 4.14. The van der Waals surface area contributed by atoms with Gasteiger partial charge in [0.15, 0.2) is 17.2 Å². The van der Waals surface area contributed by atoms with Crippen LogP contribution in [-0.2, 0) is 6.42 Å². The van der Waals surface area contributed by atoms with Gasteiger partial charge in [0.05, 0.1) is 7.11 Å². The van der Waals surface area contributed by atoms with Crippen molar-refractivity contribution in [1.82, 2.24) is 14.6 Å². The second kappa shape index (κ2) is 4.68. The Hall–Kier alpha value is -2.43. The van der Waals surface area contributed by atoms with Crippen LogP contribution in [0.1, 0.15) is 11.4 Å². The van der Waals surface area contributed by atoms with Crippen molar-refractivity contribution in [1.29, 1.82) is 0 Å². The minimum absolute atomic E-state index is 0.242. The molecular weight excluding hydrogens is 245 g/mol. The molecule has 0 spiro atoms. The van der Waals surface area contributed by atoms with Crippen molar-refractivity contribution in [3.63, 3.8) is 0 Å². The number of benzene rings is 1. The van der Waals surface area contributed by atoms with Crippen LogP contribution in [0.25, 0.3) is 5.65 Å². The van der Waals surface area contributed by atoms with Gasteiger partial charge in [-0.2, -0.15) is 5.10 Å². The zero-order chi connectivity index (χ0) is 13.2. The van der Waals surface area contributed by atoms with Gasteiger partial charge in [0.2, 0.25) is 0 Å². The fourth-order valence-electron chi connectivity index (χ4n) is 1.97. The normalized spacial score (nSPS) is 10.8. The molecule has 0 saturated heterocycles. The molecule has 1 aromatic carbocycles. The van der Waals surface area contributed by atoms with Crippen molar-refractivity contribution < 1.29 is 9.13 Å². The standard InChI is InChI=1S/C14H12FN3O/c1-19-12-7-4-8-18-14(12)16-13(17-18)9-10-5-2-3-6-11(10)15/h2-8H,9H2,1H3. The monoisotopic (exact) mass is 257 g/mol. The summed E-state index contributed by atoms with van der Waals surface area (Å²) >= 11 is 0. The predicted octanol–water partition coefficient (Wildman–Crippen LogP) is 2.47. The largest absolute Gasteiger partial charge is 0.493 e. The Labute approximate surface area is 109 Å². The second-order valence-corrected chi connectivity index (χ2v) is 4.14. The lowest BCUT2D eigenvalue weighted by Crippen LogP contribution is -1.94. The minimum atomic E-state index is -0.242. The molecular formula is C14H12FN3O. The fraction of sp³-hybridized carbons (Fsp3) is 0.143. The molecule has 3 rings (SSSR count). The third-order valence-electron chi connectivity index (χ3n) is 2.90. The summed E-state index contributed by atoms with van der Waals surface area (Å²) in [6.07, 6.45) is 2.15.